The summed E-state index contributed by atoms with van der Waals surface area (Å²) in [4.78, 5) is 18.4. The van der Waals surface area contributed by atoms with Crippen LogP contribution in [-0.2, 0) is 4.79 Å². The van der Waals surface area contributed by atoms with Gasteiger partial charge in [-0.2, -0.15) is 5.10 Å². The largest absolute Gasteiger partial charge is 0.338 e. The highest BCUT2D eigenvalue weighted by Crippen LogP contribution is 2.16. The lowest BCUT2D eigenvalue weighted by atomic mass is 10.0. The van der Waals surface area contributed by atoms with Gasteiger partial charge in [0, 0.05) is 12.6 Å². The topological polar surface area (TPSA) is 63.1 Å². The molecule has 18 heavy (non-hydrogen) atoms. The Balaban J connectivity index is 2.04. The summed E-state index contributed by atoms with van der Waals surface area (Å²) in [5, 5.41) is 7.37. The molecule has 1 aliphatic heterocycles. The SMILES string of the molecule is CCN(C(=O)C(C)n1cncn1)C1CCNCC1. The maximum absolute atomic E-state index is 12.5. The van der Waals surface area contributed by atoms with Gasteiger partial charge in [0.25, 0.3) is 0 Å². The Labute approximate surface area is 107 Å². The molecule has 1 aliphatic rings. The van der Waals surface area contributed by atoms with E-state index in [1.807, 2.05) is 18.7 Å². The number of nitrogens with zero attached hydrogens (tertiary/aromatic N) is 4. The van der Waals surface area contributed by atoms with Crippen molar-refractivity contribution in [3.63, 3.8) is 0 Å². The summed E-state index contributed by atoms with van der Waals surface area (Å²) in [7, 11) is 0. The molecule has 0 aromatic carbocycles. The molecule has 0 bridgehead atoms. The number of carbonyl (C=O) groups excluding carboxylic acids is 1. The second kappa shape index (κ2) is 5.95. The second-order valence-electron chi connectivity index (χ2n) is 4.66. The Morgan fingerprint density at radius 3 is 2.83 bits per heavy atom. The zero-order valence-corrected chi connectivity index (χ0v) is 11.0. The van der Waals surface area contributed by atoms with Crippen LogP contribution in [0.2, 0.25) is 0 Å². The summed E-state index contributed by atoms with van der Waals surface area (Å²) in [6.45, 7) is 6.65. The number of carbonyl (C=O) groups is 1. The van der Waals surface area contributed by atoms with Crippen molar-refractivity contribution in [1.82, 2.24) is 25.0 Å². The smallest absolute Gasteiger partial charge is 0.247 e. The quantitative estimate of drug-likeness (QED) is 0.843. The van der Waals surface area contributed by atoms with Crippen molar-refractivity contribution in [2.45, 2.75) is 38.8 Å². The van der Waals surface area contributed by atoms with Crippen LogP contribution in [0.25, 0.3) is 0 Å². The lowest BCUT2D eigenvalue weighted by Crippen LogP contribution is -2.48. The van der Waals surface area contributed by atoms with Gasteiger partial charge in [-0.05, 0) is 39.8 Å². The van der Waals surface area contributed by atoms with Gasteiger partial charge in [-0.1, -0.05) is 0 Å². The van der Waals surface area contributed by atoms with Crippen LogP contribution < -0.4 is 5.32 Å². The van der Waals surface area contributed by atoms with Crippen molar-refractivity contribution < 1.29 is 4.79 Å². The Kier molecular flexibility index (Phi) is 4.30. The molecule has 2 heterocycles. The van der Waals surface area contributed by atoms with Crippen LogP contribution in [-0.4, -0.2) is 51.2 Å². The van der Waals surface area contributed by atoms with Gasteiger partial charge in [0.15, 0.2) is 0 Å². The fourth-order valence-electron chi connectivity index (χ4n) is 2.48. The monoisotopic (exact) mass is 251 g/mol. The van der Waals surface area contributed by atoms with Crippen LogP contribution in [0, 0.1) is 0 Å². The molecule has 6 heteroatoms. The van der Waals surface area contributed by atoms with Crippen LogP contribution in [0.3, 0.4) is 0 Å². The van der Waals surface area contributed by atoms with E-state index in [-0.39, 0.29) is 11.9 Å². The van der Waals surface area contributed by atoms with Gasteiger partial charge in [-0.3, -0.25) is 4.79 Å². The number of piperidine rings is 1. The molecule has 1 unspecified atom stereocenters. The molecule has 0 radical (unpaired) electrons. The fourth-order valence-corrected chi connectivity index (χ4v) is 2.48. The summed E-state index contributed by atoms with van der Waals surface area (Å²) in [5.74, 6) is 0.134. The first-order valence-corrected chi connectivity index (χ1v) is 6.59. The number of amides is 1. The second-order valence-corrected chi connectivity index (χ2v) is 4.66. The fraction of sp³-hybridized carbons (Fsp3) is 0.750. The molecule has 1 aromatic rings. The van der Waals surface area contributed by atoms with Crippen LogP contribution >= 0.6 is 0 Å². The van der Waals surface area contributed by atoms with E-state index >= 15 is 0 Å². The standard InChI is InChI=1S/C12H21N5O/c1-3-16(11-4-6-13-7-5-11)12(18)10(2)17-9-14-8-15-17/h8-11,13H,3-7H2,1-2H3. The van der Waals surface area contributed by atoms with Gasteiger partial charge in [0.2, 0.25) is 5.91 Å². The van der Waals surface area contributed by atoms with Gasteiger partial charge in [-0.15, -0.1) is 0 Å². The molecular weight excluding hydrogens is 230 g/mol. The van der Waals surface area contributed by atoms with Gasteiger partial charge < -0.3 is 10.2 Å². The third kappa shape index (κ3) is 2.69. The van der Waals surface area contributed by atoms with Crippen molar-refractivity contribution >= 4 is 5.91 Å². The maximum atomic E-state index is 12.5. The van der Waals surface area contributed by atoms with E-state index in [4.69, 9.17) is 0 Å². The molecule has 1 N–H and O–H groups in total. The first kappa shape index (κ1) is 13.0. The average Bonchev–Trinajstić information content (AvgIpc) is 2.94. The van der Waals surface area contributed by atoms with E-state index in [0.29, 0.717) is 6.04 Å². The van der Waals surface area contributed by atoms with Crippen molar-refractivity contribution in [2.24, 2.45) is 0 Å². The van der Waals surface area contributed by atoms with Crippen molar-refractivity contribution in [1.29, 1.82) is 0 Å². The summed E-state index contributed by atoms with van der Waals surface area (Å²) < 4.78 is 1.62. The maximum Gasteiger partial charge on any atom is 0.247 e. The van der Waals surface area contributed by atoms with Gasteiger partial charge in [0.1, 0.15) is 18.7 Å². The Morgan fingerprint density at radius 1 is 1.56 bits per heavy atom. The third-order valence-electron chi connectivity index (χ3n) is 3.56. The third-order valence-corrected chi connectivity index (χ3v) is 3.56. The molecule has 0 aliphatic carbocycles. The van der Waals surface area contributed by atoms with Crippen molar-refractivity contribution in [3.05, 3.63) is 12.7 Å². The highest BCUT2D eigenvalue weighted by molar-refractivity contribution is 5.80. The first-order chi connectivity index (χ1) is 8.74. The summed E-state index contributed by atoms with van der Waals surface area (Å²) in [6.07, 6.45) is 5.12. The summed E-state index contributed by atoms with van der Waals surface area (Å²) in [5.41, 5.74) is 0. The molecule has 1 atom stereocenters. The molecule has 1 aromatic heterocycles. The number of rotatable bonds is 4. The van der Waals surface area contributed by atoms with E-state index in [1.54, 1.807) is 11.0 Å². The van der Waals surface area contributed by atoms with Crippen LogP contribution in [0.4, 0.5) is 0 Å². The molecule has 2 rings (SSSR count). The summed E-state index contributed by atoms with van der Waals surface area (Å²) >= 11 is 0. The molecule has 0 spiro atoms. The zero-order valence-electron chi connectivity index (χ0n) is 11.0. The van der Waals surface area contributed by atoms with Gasteiger partial charge in [0.05, 0.1) is 0 Å². The highest BCUT2D eigenvalue weighted by atomic mass is 16.2. The Bertz CT molecular complexity index is 372. The number of aromatic nitrogens is 3. The van der Waals surface area contributed by atoms with Gasteiger partial charge in [-0.25, -0.2) is 9.67 Å². The normalized spacial score (nSPS) is 18.6. The molecule has 1 fully saturated rings. The average molecular weight is 251 g/mol. The van der Waals surface area contributed by atoms with Crippen LogP contribution in [0.5, 0.6) is 0 Å². The van der Waals surface area contributed by atoms with Crippen molar-refractivity contribution in [2.75, 3.05) is 19.6 Å². The predicted octanol–water partition coefficient (Wildman–Crippen LogP) is 0.440. The highest BCUT2D eigenvalue weighted by Gasteiger charge is 2.28. The predicted molar refractivity (Wildman–Crippen MR) is 68.0 cm³/mol. The van der Waals surface area contributed by atoms with Crippen LogP contribution in [0.15, 0.2) is 12.7 Å². The lowest BCUT2D eigenvalue weighted by molar-refractivity contribution is -0.137. The minimum absolute atomic E-state index is 0.134. The molecule has 6 nitrogen and oxygen atoms in total. The number of hydrogen-bond acceptors (Lipinski definition) is 4. The number of likely N-dealkylation sites (N-methyl/N-ethyl adjacent to an activating group) is 1. The molecule has 1 saturated heterocycles. The number of nitrogens with one attached hydrogen (secondary N) is 1. The number of hydrogen-bond donors (Lipinski definition) is 1. The van der Waals surface area contributed by atoms with E-state index in [2.05, 4.69) is 15.4 Å². The summed E-state index contributed by atoms with van der Waals surface area (Å²) in [6, 6.07) is 0.0806. The van der Waals surface area contributed by atoms with E-state index < -0.39 is 0 Å². The molecule has 100 valence electrons. The molecule has 1 amide bonds. The minimum atomic E-state index is -0.276. The Hall–Kier alpha value is -1.43. The minimum Gasteiger partial charge on any atom is -0.338 e. The van der Waals surface area contributed by atoms with Crippen LogP contribution in [0.1, 0.15) is 32.7 Å². The lowest BCUT2D eigenvalue weighted by Gasteiger charge is -2.35. The van der Waals surface area contributed by atoms with E-state index in [1.165, 1.54) is 6.33 Å². The van der Waals surface area contributed by atoms with Crippen molar-refractivity contribution in [3.8, 4) is 0 Å². The Morgan fingerprint density at radius 2 is 2.28 bits per heavy atom. The van der Waals surface area contributed by atoms with E-state index in [0.717, 1.165) is 32.5 Å². The zero-order chi connectivity index (χ0) is 13.0. The van der Waals surface area contributed by atoms with Gasteiger partial charge >= 0.3 is 0 Å². The first-order valence-electron chi connectivity index (χ1n) is 6.59. The molecular formula is C12H21N5O. The molecule has 0 saturated carbocycles. The van der Waals surface area contributed by atoms with E-state index in [9.17, 15) is 4.79 Å².